The van der Waals surface area contributed by atoms with Crippen LogP contribution in [0.1, 0.15) is 37.3 Å². The van der Waals surface area contributed by atoms with Gasteiger partial charge in [-0.2, -0.15) is 0 Å². The predicted octanol–water partition coefficient (Wildman–Crippen LogP) is 2.82. The van der Waals surface area contributed by atoms with Crippen molar-refractivity contribution in [3.8, 4) is 0 Å². The molecule has 3 nitrogen and oxygen atoms in total. The number of nitrogens with zero attached hydrogens (tertiary/aromatic N) is 2. The minimum atomic E-state index is -1.16. The molecule has 18 heavy (non-hydrogen) atoms. The fraction of sp³-hybridized carbons (Fsp3) is 0.308. The highest BCUT2D eigenvalue weighted by Crippen LogP contribution is 2.26. The average molecular weight is 252 g/mol. The van der Waals surface area contributed by atoms with E-state index in [0.29, 0.717) is 5.69 Å². The van der Waals surface area contributed by atoms with Gasteiger partial charge in [-0.05, 0) is 19.9 Å². The van der Waals surface area contributed by atoms with Gasteiger partial charge in [0.05, 0.1) is 18.2 Å². The Bertz CT molecular complexity index is 552. The second-order valence-electron chi connectivity index (χ2n) is 4.39. The first-order chi connectivity index (χ1) is 8.50. The maximum absolute atomic E-state index is 13.6. The van der Waals surface area contributed by atoms with Crippen LogP contribution in [0.3, 0.4) is 0 Å². The lowest BCUT2D eigenvalue weighted by Crippen LogP contribution is -2.11. The second kappa shape index (κ2) is 4.86. The van der Waals surface area contributed by atoms with E-state index < -0.39 is 17.7 Å². The van der Waals surface area contributed by atoms with E-state index in [1.807, 2.05) is 13.8 Å². The Labute approximate surface area is 104 Å². The molecule has 0 saturated carbocycles. The first-order valence-electron chi connectivity index (χ1n) is 5.65. The summed E-state index contributed by atoms with van der Waals surface area (Å²) in [5.74, 6) is -1.43. The van der Waals surface area contributed by atoms with E-state index in [1.54, 1.807) is 10.9 Å². The van der Waals surface area contributed by atoms with Crippen LogP contribution >= 0.6 is 0 Å². The SMILES string of the molecule is CC(C)n1cncc1C(O)c1ccc(F)cc1F. The third-order valence-corrected chi connectivity index (χ3v) is 2.79. The Morgan fingerprint density at radius 3 is 2.61 bits per heavy atom. The highest BCUT2D eigenvalue weighted by atomic mass is 19.1. The third kappa shape index (κ3) is 2.26. The van der Waals surface area contributed by atoms with Gasteiger partial charge < -0.3 is 9.67 Å². The van der Waals surface area contributed by atoms with Crippen molar-refractivity contribution < 1.29 is 13.9 Å². The second-order valence-corrected chi connectivity index (χ2v) is 4.39. The molecular weight excluding hydrogens is 238 g/mol. The van der Waals surface area contributed by atoms with Gasteiger partial charge in [-0.15, -0.1) is 0 Å². The Hall–Kier alpha value is -1.75. The lowest BCUT2D eigenvalue weighted by Gasteiger charge is -2.17. The molecule has 0 saturated heterocycles. The van der Waals surface area contributed by atoms with Gasteiger partial charge in [0.25, 0.3) is 0 Å². The molecule has 1 aromatic carbocycles. The number of aliphatic hydroxyl groups is 1. The summed E-state index contributed by atoms with van der Waals surface area (Å²) in [5, 5.41) is 10.2. The summed E-state index contributed by atoms with van der Waals surface area (Å²) in [6, 6.07) is 3.22. The quantitative estimate of drug-likeness (QED) is 0.912. The Balaban J connectivity index is 2.41. The van der Waals surface area contributed by atoms with E-state index >= 15 is 0 Å². The molecule has 0 fully saturated rings. The lowest BCUT2D eigenvalue weighted by atomic mass is 10.1. The van der Waals surface area contributed by atoms with Crippen LogP contribution in [0.4, 0.5) is 8.78 Å². The first-order valence-corrected chi connectivity index (χ1v) is 5.65. The number of benzene rings is 1. The van der Waals surface area contributed by atoms with E-state index in [4.69, 9.17) is 0 Å². The van der Waals surface area contributed by atoms with E-state index in [-0.39, 0.29) is 11.6 Å². The maximum Gasteiger partial charge on any atom is 0.132 e. The third-order valence-electron chi connectivity index (χ3n) is 2.79. The Kier molecular flexibility index (Phi) is 3.43. The zero-order valence-electron chi connectivity index (χ0n) is 10.1. The summed E-state index contributed by atoms with van der Waals surface area (Å²) in [4.78, 5) is 3.94. The van der Waals surface area contributed by atoms with Crippen LogP contribution < -0.4 is 0 Å². The molecular formula is C13H14F2N2O. The smallest absolute Gasteiger partial charge is 0.132 e. The van der Waals surface area contributed by atoms with Crippen molar-refractivity contribution >= 4 is 0 Å². The standard InChI is InChI=1S/C13H14F2N2O/c1-8(2)17-7-16-6-12(17)13(18)10-4-3-9(14)5-11(10)15/h3-8,13,18H,1-2H3. The van der Waals surface area contributed by atoms with Crippen molar-refractivity contribution in [2.75, 3.05) is 0 Å². The average Bonchev–Trinajstić information content (AvgIpc) is 2.77. The molecule has 1 atom stereocenters. The van der Waals surface area contributed by atoms with E-state index in [0.717, 1.165) is 12.1 Å². The number of aromatic nitrogens is 2. The first kappa shape index (κ1) is 12.7. The minimum Gasteiger partial charge on any atom is -0.382 e. The van der Waals surface area contributed by atoms with Gasteiger partial charge in [-0.1, -0.05) is 6.07 Å². The van der Waals surface area contributed by atoms with Gasteiger partial charge in [0.1, 0.15) is 17.7 Å². The number of imidazole rings is 1. The van der Waals surface area contributed by atoms with Crippen molar-refractivity contribution in [2.24, 2.45) is 0 Å². The van der Waals surface area contributed by atoms with Crippen molar-refractivity contribution in [3.05, 3.63) is 53.6 Å². The van der Waals surface area contributed by atoms with Crippen LogP contribution in [-0.2, 0) is 0 Å². The largest absolute Gasteiger partial charge is 0.382 e. The zero-order valence-corrected chi connectivity index (χ0v) is 10.1. The normalized spacial score (nSPS) is 13.0. The molecule has 1 unspecified atom stereocenters. The number of hydrogen-bond acceptors (Lipinski definition) is 2. The molecule has 2 aromatic rings. The lowest BCUT2D eigenvalue weighted by molar-refractivity contribution is 0.202. The molecule has 1 aromatic heterocycles. The molecule has 1 N–H and O–H groups in total. The number of hydrogen-bond donors (Lipinski definition) is 1. The molecule has 0 aliphatic rings. The van der Waals surface area contributed by atoms with Gasteiger partial charge in [0, 0.05) is 17.7 Å². The van der Waals surface area contributed by atoms with Crippen LogP contribution in [0, 0.1) is 11.6 Å². The topological polar surface area (TPSA) is 38.0 Å². The number of rotatable bonds is 3. The molecule has 2 rings (SSSR count). The number of halogens is 2. The highest BCUT2D eigenvalue weighted by molar-refractivity contribution is 5.27. The van der Waals surface area contributed by atoms with Crippen LogP contribution in [0.2, 0.25) is 0 Å². The summed E-state index contributed by atoms with van der Waals surface area (Å²) >= 11 is 0. The van der Waals surface area contributed by atoms with Crippen molar-refractivity contribution in [1.82, 2.24) is 9.55 Å². The summed E-state index contributed by atoms with van der Waals surface area (Å²) in [6.45, 7) is 3.86. The minimum absolute atomic E-state index is 0.0406. The molecule has 96 valence electrons. The van der Waals surface area contributed by atoms with Gasteiger partial charge in [0.15, 0.2) is 0 Å². The fourth-order valence-electron chi connectivity index (χ4n) is 1.84. The molecule has 0 aliphatic carbocycles. The summed E-state index contributed by atoms with van der Waals surface area (Å²) in [6.07, 6.45) is 1.90. The van der Waals surface area contributed by atoms with Gasteiger partial charge in [0.2, 0.25) is 0 Å². The van der Waals surface area contributed by atoms with Crippen molar-refractivity contribution in [1.29, 1.82) is 0 Å². The molecule has 0 spiro atoms. The fourth-order valence-corrected chi connectivity index (χ4v) is 1.84. The maximum atomic E-state index is 13.6. The molecule has 1 heterocycles. The van der Waals surface area contributed by atoms with Crippen LogP contribution in [0.5, 0.6) is 0 Å². The van der Waals surface area contributed by atoms with Crippen LogP contribution in [-0.4, -0.2) is 14.7 Å². The van der Waals surface area contributed by atoms with Crippen LogP contribution in [0.25, 0.3) is 0 Å². The predicted molar refractivity (Wildman–Crippen MR) is 63.0 cm³/mol. The summed E-state index contributed by atoms with van der Waals surface area (Å²) in [5.41, 5.74) is 0.523. The molecule has 0 aliphatic heterocycles. The molecule has 0 amide bonds. The monoisotopic (exact) mass is 252 g/mol. The Morgan fingerprint density at radius 2 is 2.00 bits per heavy atom. The van der Waals surface area contributed by atoms with Gasteiger partial charge >= 0.3 is 0 Å². The summed E-state index contributed by atoms with van der Waals surface area (Å²) in [7, 11) is 0. The van der Waals surface area contributed by atoms with E-state index in [2.05, 4.69) is 4.98 Å². The Morgan fingerprint density at radius 1 is 1.28 bits per heavy atom. The molecule has 0 bridgehead atoms. The number of aliphatic hydroxyl groups excluding tert-OH is 1. The van der Waals surface area contributed by atoms with Crippen molar-refractivity contribution in [3.63, 3.8) is 0 Å². The molecule has 0 radical (unpaired) electrons. The molecule has 5 heteroatoms. The summed E-state index contributed by atoms with van der Waals surface area (Å²) < 4.78 is 28.2. The van der Waals surface area contributed by atoms with E-state index in [1.165, 1.54) is 12.3 Å². The highest BCUT2D eigenvalue weighted by Gasteiger charge is 2.20. The van der Waals surface area contributed by atoms with E-state index in [9.17, 15) is 13.9 Å². The van der Waals surface area contributed by atoms with Gasteiger partial charge in [-0.3, -0.25) is 0 Å². The zero-order chi connectivity index (χ0) is 13.3. The van der Waals surface area contributed by atoms with Gasteiger partial charge in [-0.25, -0.2) is 13.8 Å². The van der Waals surface area contributed by atoms with Crippen LogP contribution in [0.15, 0.2) is 30.7 Å². The van der Waals surface area contributed by atoms with Crippen molar-refractivity contribution in [2.45, 2.75) is 26.0 Å².